The van der Waals surface area contributed by atoms with Gasteiger partial charge in [-0.15, -0.1) is 0 Å². The Kier molecular flexibility index (Phi) is 2.60. The summed E-state index contributed by atoms with van der Waals surface area (Å²) >= 11 is 0. The summed E-state index contributed by atoms with van der Waals surface area (Å²) in [5.41, 5.74) is 1.43. The van der Waals surface area contributed by atoms with Crippen molar-refractivity contribution >= 4 is 0 Å². The van der Waals surface area contributed by atoms with Crippen LogP contribution in [0.25, 0.3) is 0 Å². The maximum Gasteiger partial charge on any atom is 0.101 e. The van der Waals surface area contributed by atoms with Crippen LogP contribution in [-0.4, -0.2) is 11.2 Å². The fraction of sp³-hybridized carbons (Fsp3) is 1.00. The first kappa shape index (κ1) is 13.4. The molecule has 0 aromatic heterocycles. The molecular formula is C20H32O. The molecule has 0 radical (unpaired) electrons. The molecule has 4 saturated carbocycles. The number of hydrogen-bond donors (Lipinski definition) is 0. The standard InChI is InChI=1S/C20H32O/c1-3-14-6-7-16-15-8-13-19-10-4-5-11-20(19,21-19)17(15)9-12-18(14,16)2/h14-17H,3-13H2,1-2H3/t14-,15-,16-,17-,18+,19-,20+/m0/s1. The van der Waals surface area contributed by atoms with Gasteiger partial charge in [-0.3, -0.25) is 0 Å². The van der Waals surface area contributed by atoms with E-state index in [0.29, 0.717) is 16.6 Å². The number of epoxide rings is 1. The first-order chi connectivity index (χ1) is 10.2. The SMILES string of the molecule is CC[C@H]1CC[C@H]2[C@@H]3CC[C@@]45CCCC[C@@]4(O5)[C@H]3CC[C@]12C. The molecule has 118 valence electrons. The van der Waals surface area contributed by atoms with E-state index in [1.54, 1.807) is 0 Å². The zero-order valence-electron chi connectivity index (χ0n) is 14.0. The average molecular weight is 288 g/mol. The molecule has 0 spiro atoms. The first-order valence-corrected chi connectivity index (χ1v) is 9.85. The summed E-state index contributed by atoms with van der Waals surface area (Å²) in [5.74, 6) is 3.98. The zero-order valence-corrected chi connectivity index (χ0v) is 14.0. The molecule has 5 aliphatic rings. The smallest absolute Gasteiger partial charge is 0.101 e. The number of rotatable bonds is 1. The molecule has 21 heavy (non-hydrogen) atoms. The Bertz CT molecular complexity index is 459. The minimum Gasteiger partial charge on any atom is -0.362 e. The van der Waals surface area contributed by atoms with Crippen LogP contribution in [0.2, 0.25) is 0 Å². The fourth-order valence-electron chi connectivity index (χ4n) is 8.10. The normalized spacial score (nSPS) is 61.4. The second-order valence-electron chi connectivity index (χ2n) is 9.34. The van der Waals surface area contributed by atoms with E-state index in [0.717, 1.165) is 23.7 Å². The number of fused-ring (bicyclic) bond motifs is 3. The molecule has 0 aromatic rings. The summed E-state index contributed by atoms with van der Waals surface area (Å²) in [6.07, 6.45) is 16.0. The van der Waals surface area contributed by atoms with Crippen molar-refractivity contribution in [2.24, 2.45) is 29.1 Å². The van der Waals surface area contributed by atoms with E-state index in [1.165, 1.54) is 70.6 Å². The molecule has 0 N–H and O–H groups in total. The van der Waals surface area contributed by atoms with Crippen LogP contribution in [0.15, 0.2) is 0 Å². The summed E-state index contributed by atoms with van der Waals surface area (Å²) in [6, 6.07) is 0. The van der Waals surface area contributed by atoms with Gasteiger partial charge in [0.1, 0.15) is 5.60 Å². The van der Waals surface area contributed by atoms with E-state index in [4.69, 9.17) is 4.74 Å². The van der Waals surface area contributed by atoms with Crippen molar-refractivity contribution < 1.29 is 4.74 Å². The Balaban J connectivity index is 1.47. The number of hydrogen-bond acceptors (Lipinski definition) is 1. The number of ether oxygens (including phenoxy) is 1. The van der Waals surface area contributed by atoms with E-state index < -0.39 is 0 Å². The van der Waals surface area contributed by atoms with Crippen LogP contribution in [0, 0.1) is 29.1 Å². The molecule has 1 heteroatoms. The van der Waals surface area contributed by atoms with Gasteiger partial charge in [0.05, 0.1) is 5.60 Å². The van der Waals surface area contributed by atoms with Crippen LogP contribution in [0.3, 0.4) is 0 Å². The Morgan fingerprint density at radius 2 is 1.76 bits per heavy atom. The van der Waals surface area contributed by atoms with Crippen molar-refractivity contribution in [2.75, 3.05) is 0 Å². The highest BCUT2D eigenvalue weighted by molar-refractivity contribution is 5.25. The van der Waals surface area contributed by atoms with Gasteiger partial charge in [-0.05, 0) is 80.5 Å². The van der Waals surface area contributed by atoms with Crippen LogP contribution >= 0.6 is 0 Å². The van der Waals surface area contributed by atoms with Gasteiger partial charge in [0.15, 0.2) is 0 Å². The molecule has 0 unspecified atom stereocenters. The van der Waals surface area contributed by atoms with E-state index in [1.807, 2.05) is 0 Å². The molecule has 0 amide bonds. The van der Waals surface area contributed by atoms with Crippen molar-refractivity contribution in [3.05, 3.63) is 0 Å². The Morgan fingerprint density at radius 3 is 2.62 bits per heavy atom. The summed E-state index contributed by atoms with van der Waals surface area (Å²) in [4.78, 5) is 0. The maximum atomic E-state index is 6.62. The van der Waals surface area contributed by atoms with E-state index in [2.05, 4.69) is 13.8 Å². The molecule has 4 aliphatic carbocycles. The lowest BCUT2D eigenvalue weighted by Crippen LogP contribution is -2.52. The molecular weight excluding hydrogens is 256 g/mol. The predicted molar refractivity (Wildman–Crippen MR) is 85.1 cm³/mol. The monoisotopic (exact) mass is 288 g/mol. The summed E-state index contributed by atoms with van der Waals surface area (Å²) in [6.45, 7) is 5.09. The van der Waals surface area contributed by atoms with Crippen LogP contribution in [0.5, 0.6) is 0 Å². The minimum absolute atomic E-state index is 0.375. The first-order valence-electron chi connectivity index (χ1n) is 9.85. The third-order valence-corrected chi connectivity index (χ3v) is 9.09. The van der Waals surface area contributed by atoms with E-state index >= 15 is 0 Å². The van der Waals surface area contributed by atoms with Crippen molar-refractivity contribution in [1.82, 2.24) is 0 Å². The van der Waals surface area contributed by atoms with Gasteiger partial charge in [0.2, 0.25) is 0 Å². The van der Waals surface area contributed by atoms with Crippen LogP contribution in [0.1, 0.15) is 84.5 Å². The van der Waals surface area contributed by atoms with Gasteiger partial charge < -0.3 is 4.74 Å². The molecule has 1 nitrogen and oxygen atoms in total. The lowest BCUT2D eigenvalue weighted by Gasteiger charge is -2.53. The van der Waals surface area contributed by atoms with Crippen molar-refractivity contribution in [1.29, 1.82) is 0 Å². The lowest BCUT2D eigenvalue weighted by molar-refractivity contribution is -0.0360. The highest BCUT2D eigenvalue weighted by atomic mass is 16.6. The lowest BCUT2D eigenvalue weighted by atomic mass is 9.49. The Hall–Kier alpha value is -0.0400. The quantitative estimate of drug-likeness (QED) is 0.594. The summed E-state index contributed by atoms with van der Waals surface area (Å²) in [7, 11) is 0. The molecule has 1 saturated heterocycles. The summed E-state index contributed by atoms with van der Waals surface area (Å²) in [5, 5.41) is 0. The van der Waals surface area contributed by atoms with Crippen molar-refractivity contribution in [3.63, 3.8) is 0 Å². The molecule has 1 heterocycles. The zero-order chi connectivity index (χ0) is 14.3. The second-order valence-corrected chi connectivity index (χ2v) is 9.34. The fourth-order valence-corrected chi connectivity index (χ4v) is 8.10. The second kappa shape index (κ2) is 4.08. The molecule has 7 atom stereocenters. The van der Waals surface area contributed by atoms with Crippen LogP contribution in [0.4, 0.5) is 0 Å². The van der Waals surface area contributed by atoms with Gasteiger partial charge in [0, 0.05) is 0 Å². The van der Waals surface area contributed by atoms with Gasteiger partial charge in [0.25, 0.3) is 0 Å². The van der Waals surface area contributed by atoms with Crippen LogP contribution < -0.4 is 0 Å². The average Bonchev–Trinajstić information content (AvgIpc) is 3.09. The van der Waals surface area contributed by atoms with Gasteiger partial charge in [-0.2, -0.15) is 0 Å². The molecule has 0 aromatic carbocycles. The van der Waals surface area contributed by atoms with Crippen molar-refractivity contribution in [2.45, 2.75) is 95.7 Å². The van der Waals surface area contributed by atoms with Crippen molar-refractivity contribution in [3.8, 4) is 0 Å². The third-order valence-electron chi connectivity index (χ3n) is 9.09. The van der Waals surface area contributed by atoms with Gasteiger partial charge in [-0.25, -0.2) is 0 Å². The Labute approximate surface area is 130 Å². The maximum absolute atomic E-state index is 6.62. The summed E-state index contributed by atoms with van der Waals surface area (Å²) < 4.78 is 6.62. The van der Waals surface area contributed by atoms with Gasteiger partial charge >= 0.3 is 0 Å². The highest BCUT2D eigenvalue weighted by Gasteiger charge is 2.77. The van der Waals surface area contributed by atoms with E-state index in [-0.39, 0.29) is 0 Å². The third kappa shape index (κ3) is 1.44. The molecule has 5 fully saturated rings. The Morgan fingerprint density at radius 1 is 0.905 bits per heavy atom. The highest BCUT2D eigenvalue weighted by Crippen LogP contribution is 2.73. The van der Waals surface area contributed by atoms with E-state index in [9.17, 15) is 0 Å². The van der Waals surface area contributed by atoms with Crippen LogP contribution in [-0.2, 0) is 4.74 Å². The largest absolute Gasteiger partial charge is 0.362 e. The topological polar surface area (TPSA) is 12.5 Å². The molecule has 1 aliphatic heterocycles. The molecule has 0 bridgehead atoms. The van der Waals surface area contributed by atoms with Gasteiger partial charge in [-0.1, -0.05) is 33.1 Å². The minimum atomic E-state index is 0.375. The predicted octanol–water partition coefficient (Wildman–Crippen LogP) is 5.33. The molecule has 5 rings (SSSR count).